The van der Waals surface area contributed by atoms with Gasteiger partial charge in [-0.1, -0.05) is 6.92 Å². The molecule has 40 heavy (non-hydrogen) atoms. The number of hydrogen-bond acceptors (Lipinski definition) is 6. The van der Waals surface area contributed by atoms with Crippen molar-refractivity contribution in [1.82, 2.24) is 14.9 Å². The van der Waals surface area contributed by atoms with E-state index in [1.54, 1.807) is 24.5 Å². The van der Waals surface area contributed by atoms with Gasteiger partial charge in [-0.05, 0) is 76.1 Å². The maximum atomic E-state index is 15.0. The zero-order valence-corrected chi connectivity index (χ0v) is 23.5. The van der Waals surface area contributed by atoms with E-state index < -0.39 is 11.2 Å². The third kappa shape index (κ3) is 3.93. The average Bonchev–Trinajstić information content (AvgIpc) is 3.27. The van der Waals surface area contributed by atoms with Gasteiger partial charge >= 0.3 is 0 Å². The van der Waals surface area contributed by atoms with E-state index in [9.17, 15) is 19.5 Å². The Kier molecular flexibility index (Phi) is 6.05. The molecule has 1 aromatic carbocycles. The van der Waals surface area contributed by atoms with Crippen LogP contribution in [0.4, 0.5) is 4.39 Å². The van der Waals surface area contributed by atoms with E-state index >= 15 is 4.39 Å². The zero-order valence-electron chi connectivity index (χ0n) is 23.5. The lowest BCUT2D eigenvalue weighted by Crippen LogP contribution is -2.43. The number of carbonyl (C=O) groups is 2. The molecule has 1 amide bonds. The third-order valence-electron chi connectivity index (χ3n) is 8.73. The Morgan fingerprint density at radius 2 is 1.95 bits per heavy atom. The van der Waals surface area contributed by atoms with Crippen molar-refractivity contribution in [1.29, 1.82) is 0 Å². The summed E-state index contributed by atoms with van der Waals surface area (Å²) in [6, 6.07) is 2.75. The minimum absolute atomic E-state index is 0.0955. The second-order valence-electron chi connectivity index (χ2n) is 12.2. The molecule has 0 bridgehead atoms. The highest BCUT2D eigenvalue weighted by Crippen LogP contribution is 2.46. The van der Waals surface area contributed by atoms with E-state index in [1.165, 1.54) is 6.07 Å². The average molecular weight is 548 g/mol. The number of ketones is 1. The number of fused-ring (bicyclic) bond motifs is 5. The van der Waals surface area contributed by atoms with Gasteiger partial charge < -0.3 is 19.7 Å². The van der Waals surface area contributed by atoms with E-state index in [4.69, 9.17) is 9.72 Å². The van der Waals surface area contributed by atoms with Crippen molar-refractivity contribution in [2.45, 2.75) is 90.5 Å². The highest BCUT2D eigenvalue weighted by Gasteiger charge is 2.44. The number of hydrogen-bond donors (Lipinski definition) is 2. The largest absolute Gasteiger partial charge is 0.377 e. The molecule has 8 nitrogen and oxygen atoms in total. The van der Waals surface area contributed by atoms with E-state index in [2.05, 4.69) is 5.32 Å². The molecule has 1 aliphatic heterocycles. The molecule has 3 aliphatic rings. The smallest absolute Gasteiger partial charge is 0.254 e. The molecule has 0 spiro atoms. The minimum Gasteiger partial charge on any atom is -0.377 e. The van der Waals surface area contributed by atoms with Gasteiger partial charge in [-0.25, -0.2) is 9.37 Å². The standard InChI is InChI=1S/C31H34FN3O5/c1-6-31(39)19-11-23-28-18(13-35(23)29(38)17(19)8-10-24(31)36)27-21(33-25(37)14-40-30(3,4)5)9-7-16-15(2)20(32)12-22(34-28)26(16)27/h11-12,21,39H,6-10,13-14H2,1-5H3,(H,33,37)/t21-,31-/m0/s1. The number of ether oxygens (including phenoxy) is 1. The fraction of sp³-hybridized carbons (Fsp3) is 0.484. The number of aliphatic hydroxyl groups is 1. The predicted molar refractivity (Wildman–Crippen MR) is 148 cm³/mol. The maximum absolute atomic E-state index is 15.0. The molecule has 210 valence electrons. The molecule has 9 heteroatoms. The van der Waals surface area contributed by atoms with Crippen LogP contribution in [0, 0.1) is 12.7 Å². The zero-order chi connectivity index (χ0) is 28.7. The summed E-state index contributed by atoms with van der Waals surface area (Å²) >= 11 is 0. The summed E-state index contributed by atoms with van der Waals surface area (Å²) in [7, 11) is 0. The molecule has 0 radical (unpaired) electrons. The van der Waals surface area contributed by atoms with Gasteiger partial charge in [-0.3, -0.25) is 14.4 Å². The van der Waals surface area contributed by atoms with Gasteiger partial charge in [-0.15, -0.1) is 0 Å². The number of benzene rings is 1. The van der Waals surface area contributed by atoms with Crippen LogP contribution < -0.4 is 10.9 Å². The Hall–Kier alpha value is -3.43. The molecule has 0 fully saturated rings. The van der Waals surface area contributed by atoms with Crippen molar-refractivity contribution in [2.75, 3.05) is 6.61 Å². The number of aryl methyl sites for hydroxylation is 1. The molecule has 0 saturated carbocycles. The van der Waals surface area contributed by atoms with Crippen LogP contribution in [0.1, 0.15) is 86.4 Å². The Morgan fingerprint density at radius 3 is 2.65 bits per heavy atom. The Morgan fingerprint density at radius 1 is 1.20 bits per heavy atom. The maximum Gasteiger partial charge on any atom is 0.254 e. The summed E-state index contributed by atoms with van der Waals surface area (Å²) in [5.41, 5.74) is 2.87. The molecular weight excluding hydrogens is 513 g/mol. The van der Waals surface area contributed by atoms with Crippen molar-refractivity contribution in [3.05, 3.63) is 61.7 Å². The van der Waals surface area contributed by atoms with E-state index in [0.717, 1.165) is 22.1 Å². The van der Waals surface area contributed by atoms with Gasteiger partial charge in [0.15, 0.2) is 5.78 Å². The fourth-order valence-corrected chi connectivity index (χ4v) is 6.60. The molecule has 2 atom stereocenters. The van der Waals surface area contributed by atoms with Gasteiger partial charge in [0.25, 0.3) is 5.56 Å². The number of pyridine rings is 2. The van der Waals surface area contributed by atoms with Crippen LogP contribution in [0.3, 0.4) is 0 Å². The predicted octanol–water partition coefficient (Wildman–Crippen LogP) is 3.90. The Bertz CT molecular complexity index is 1690. The lowest BCUT2D eigenvalue weighted by atomic mass is 9.77. The number of Topliss-reactive ketones (excluding diaryl/α,β-unsaturated/α-hetero) is 1. The summed E-state index contributed by atoms with van der Waals surface area (Å²) in [5, 5.41) is 15.3. The van der Waals surface area contributed by atoms with Crippen molar-refractivity contribution in [3.8, 4) is 11.4 Å². The molecule has 2 aromatic heterocycles. The van der Waals surface area contributed by atoms with Crippen LogP contribution in [0.2, 0.25) is 0 Å². The first-order chi connectivity index (χ1) is 18.8. The van der Waals surface area contributed by atoms with Gasteiger partial charge in [0.05, 0.1) is 35.1 Å². The van der Waals surface area contributed by atoms with E-state index in [-0.39, 0.29) is 61.5 Å². The summed E-state index contributed by atoms with van der Waals surface area (Å²) in [5.74, 6) is -0.904. The fourth-order valence-electron chi connectivity index (χ4n) is 6.60. The first-order valence-corrected chi connectivity index (χ1v) is 13.9. The van der Waals surface area contributed by atoms with Gasteiger partial charge in [-0.2, -0.15) is 0 Å². The van der Waals surface area contributed by atoms with Crippen molar-refractivity contribution < 1.29 is 23.8 Å². The van der Waals surface area contributed by atoms with Crippen LogP contribution >= 0.6 is 0 Å². The number of carbonyl (C=O) groups excluding carboxylic acids is 2. The highest BCUT2D eigenvalue weighted by molar-refractivity contribution is 5.94. The molecule has 3 aromatic rings. The first-order valence-electron chi connectivity index (χ1n) is 13.9. The van der Waals surface area contributed by atoms with Crippen molar-refractivity contribution in [2.24, 2.45) is 0 Å². The quantitative estimate of drug-likeness (QED) is 0.401. The second-order valence-corrected chi connectivity index (χ2v) is 12.2. The van der Waals surface area contributed by atoms with Gasteiger partial charge in [0.1, 0.15) is 18.0 Å². The third-order valence-corrected chi connectivity index (χ3v) is 8.73. The summed E-state index contributed by atoms with van der Waals surface area (Å²) in [6.07, 6.45) is 1.68. The first kappa shape index (κ1) is 26.8. The monoisotopic (exact) mass is 547 g/mol. The van der Waals surface area contributed by atoms with Crippen LogP contribution in [0.5, 0.6) is 0 Å². The summed E-state index contributed by atoms with van der Waals surface area (Å²) < 4.78 is 22.4. The normalized spacial score (nSPS) is 21.3. The van der Waals surface area contributed by atoms with Gasteiger partial charge in [0, 0.05) is 34.6 Å². The number of rotatable bonds is 4. The number of nitrogens with one attached hydrogen (secondary N) is 1. The molecule has 6 rings (SSSR count). The Balaban J connectivity index is 1.55. The lowest BCUT2D eigenvalue weighted by Gasteiger charge is -2.32. The topological polar surface area (TPSA) is 111 Å². The van der Waals surface area contributed by atoms with Crippen LogP contribution in [0.25, 0.3) is 22.3 Å². The molecule has 2 aliphatic carbocycles. The minimum atomic E-state index is -1.73. The van der Waals surface area contributed by atoms with Crippen LogP contribution in [0.15, 0.2) is 16.9 Å². The SMILES string of the molecule is CC[C@@]1(O)C(=O)CCc2c1cc1n(c2=O)Cc2c-1nc1cc(F)c(C)c3c1c2[C@@H](NC(=O)COC(C)(C)C)CC3. The molecular formula is C31H34FN3O5. The van der Waals surface area contributed by atoms with E-state index in [0.29, 0.717) is 46.4 Å². The molecule has 0 saturated heterocycles. The highest BCUT2D eigenvalue weighted by atomic mass is 19.1. The van der Waals surface area contributed by atoms with Crippen molar-refractivity contribution >= 4 is 22.6 Å². The second kappa shape index (κ2) is 9.04. The molecule has 0 unspecified atom stereocenters. The van der Waals surface area contributed by atoms with Crippen LogP contribution in [-0.4, -0.2) is 38.6 Å². The summed E-state index contributed by atoms with van der Waals surface area (Å²) in [6.45, 7) is 9.29. The van der Waals surface area contributed by atoms with Gasteiger partial charge in [0.2, 0.25) is 5.91 Å². The lowest BCUT2D eigenvalue weighted by molar-refractivity contribution is -0.140. The molecule has 2 N–H and O–H groups in total. The number of amides is 1. The number of aromatic nitrogens is 2. The molecule has 3 heterocycles. The van der Waals surface area contributed by atoms with Crippen LogP contribution in [-0.2, 0) is 39.3 Å². The Labute approximate surface area is 231 Å². The van der Waals surface area contributed by atoms with Crippen molar-refractivity contribution in [3.63, 3.8) is 0 Å². The van der Waals surface area contributed by atoms with E-state index in [1.807, 2.05) is 20.8 Å². The number of halogens is 1. The summed E-state index contributed by atoms with van der Waals surface area (Å²) in [4.78, 5) is 44.4. The number of nitrogens with zero attached hydrogens (tertiary/aromatic N) is 2.